The lowest BCUT2D eigenvalue weighted by Crippen LogP contribution is -2.27. The van der Waals surface area contributed by atoms with E-state index < -0.39 is 24.1 Å². The van der Waals surface area contributed by atoms with Crippen LogP contribution < -0.4 is 0 Å². The van der Waals surface area contributed by atoms with Crippen LogP contribution in [0.3, 0.4) is 0 Å². The molecule has 20 heavy (non-hydrogen) atoms. The summed E-state index contributed by atoms with van der Waals surface area (Å²) in [6.45, 7) is 6.43. The van der Waals surface area contributed by atoms with Gasteiger partial charge in [0.15, 0.2) is 6.61 Å². The first kappa shape index (κ1) is 16.5. The Kier molecular flexibility index (Phi) is 5.16. The second-order valence-corrected chi connectivity index (χ2v) is 6.16. The molecule has 6 heteroatoms. The van der Waals surface area contributed by atoms with E-state index in [4.69, 9.17) is 9.47 Å². The molecule has 0 amide bonds. The van der Waals surface area contributed by atoms with E-state index in [1.54, 1.807) is 33.8 Å². The van der Waals surface area contributed by atoms with Crippen molar-refractivity contribution in [1.82, 2.24) is 0 Å². The largest absolute Gasteiger partial charge is 0.506 e. The molecule has 1 aromatic carbocycles. The number of halogens is 1. The molecular formula is C14H17BrO5. The lowest BCUT2D eigenvalue weighted by molar-refractivity contribution is -0.158. The van der Waals surface area contributed by atoms with Gasteiger partial charge in [0.1, 0.15) is 16.9 Å². The fourth-order valence-corrected chi connectivity index (χ4v) is 2.04. The number of carbonyl (C=O) groups excluding carboxylic acids is 2. The SMILES string of the molecule is Cc1cc(Br)c(O)c(C(=O)OCC(=O)OC(C)(C)C)c1. The van der Waals surface area contributed by atoms with Crippen molar-refractivity contribution in [2.45, 2.75) is 33.3 Å². The van der Waals surface area contributed by atoms with Crippen LogP contribution in [0.25, 0.3) is 0 Å². The standard InChI is InChI=1S/C14H17BrO5/c1-8-5-9(12(17)10(15)6-8)13(18)19-7-11(16)20-14(2,3)4/h5-6,17H,7H2,1-4H3. The van der Waals surface area contributed by atoms with E-state index in [9.17, 15) is 14.7 Å². The predicted molar refractivity (Wildman–Crippen MR) is 76.7 cm³/mol. The summed E-state index contributed by atoms with van der Waals surface area (Å²) in [5.74, 6) is -1.64. The van der Waals surface area contributed by atoms with Crippen molar-refractivity contribution < 1.29 is 24.2 Å². The molecule has 0 unspecified atom stereocenters. The molecule has 1 N–H and O–H groups in total. The Hall–Kier alpha value is -1.56. The molecule has 0 aliphatic heterocycles. The molecule has 0 aliphatic rings. The molecule has 0 bridgehead atoms. The minimum atomic E-state index is -0.780. The third kappa shape index (κ3) is 4.85. The first-order chi connectivity index (χ1) is 9.10. The van der Waals surface area contributed by atoms with Gasteiger partial charge < -0.3 is 14.6 Å². The molecule has 0 atom stereocenters. The molecule has 0 fully saturated rings. The number of hydrogen-bond donors (Lipinski definition) is 1. The zero-order valence-electron chi connectivity index (χ0n) is 11.8. The van der Waals surface area contributed by atoms with Crippen molar-refractivity contribution in [2.75, 3.05) is 6.61 Å². The van der Waals surface area contributed by atoms with Gasteiger partial charge in [0.05, 0.1) is 4.47 Å². The maximum absolute atomic E-state index is 11.8. The van der Waals surface area contributed by atoms with Crippen LogP contribution in [0.2, 0.25) is 0 Å². The molecule has 0 heterocycles. The van der Waals surface area contributed by atoms with Crippen LogP contribution in [0, 0.1) is 6.92 Å². The number of phenols is 1. The Bertz CT molecular complexity index is 531. The van der Waals surface area contributed by atoms with Crippen LogP contribution in [0.15, 0.2) is 16.6 Å². The second kappa shape index (κ2) is 6.26. The summed E-state index contributed by atoms with van der Waals surface area (Å²) in [6, 6.07) is 3.15. The van der Waals surface area contributed by atoms with Crippen molar-refractivity contribution in [2.24, 2.45) is 0 Å². The number of rotatable bonds is 3. The van der Waals surface area contributed by atoms with Gasteiger partial charge in [-0.15, -0.1) is 0 Å². The number of esters is 2. The van der Waals surface area contributed by atoms with Gasteiger partial charge in [0, 0.05) is 0 Å². The Morgan fingerprint density at radius 1 is 1.30 bits per heavy atom. The number of ether oxygens (including phenoxy) is 2. The number of phenolic OH excluding ortho intramolecular Hbond substituents is 1. The fourth-order valence-electron chi connectivity index (χ4n) is 1.46. The van der Waals surface area contributed by atoms with E-state index in [1.807, 2.05) is 0 Å². The third-order valence-corrected chi connectivity index (χ3v) is 2.77. The van der Waals surface area contributed by atoms with E-state index >= 15 is 0 Å². The summed E-state index contributed by atoms with van der Waals surface area (Å²) in [4.78, 5) is 23.3. The second-order valence-electron chi connectivity index (χ2n) is 5.31. The van der Waals surface area contributed by atoms with Crippen LogP contribution in [0.1, 0.15) is 36.7 Å². The summed E-state index contributed by atoms with van der Waals surface area (Å²) >= 11 is 3.14. The lowest BCUT2D eigenvalue weighted by atomic mass is 10.1. The minimum Gasteiger partial charge on any atom is -0.506 e. The van der Waals surface area contributed by atoms with Gasteiger partial charge in [-0.25, -0.2) is 9.59 Å². The molecular weight excluding hydrogens is 328 g/mol. The van der Waals surface area contributed by atoms with Crippen molar-refractivity contribution in [1.29, 1.82) is 0 Å². The molecule has 5 nitrogen and oxygen atoms in total. The maximum Gasteiger partial charge on any atom is 0.344 e. The van der Waals surface area contributed by atoms with Gasteiger partial charge >= 0.3 is 11.9 Å². The van der Waals surface area contributed by atoms with Gasteiger partial charge in [0.2, 0.25) is 0 Å². The Balaban J connectivity index is 2.71. The van der Waals surface area contributed by atoms with Gasteiger partial charge in [-0.1, -0.05) is 0 Å². The number of aromatic hydroxyl groups is 1. The molecule has 1 aromatic rings. The molecule has 1 rings (SSSR count). The zero-order chi connectivity index (χ0) is 15.5. The highest BCUT2D eigenvalue weighted by atomic mass is 79.9. The smallest absolute Gasteiger partial charge is 0.344 e. The highest BCUT2D eigenvalue weighted by Crippen LogP contribution is 2.29. The molecule has 0 saturated carbocycles. The Morgan fingerprint density at radius 3 is 2.45 bits per heavy atom. The van der Waals surface area contributed by atoms with Gasteiger partial charge in [-0.05, 0) is 61.3 Å². The van der Waals surface area contributed by atoms with Crippen LogP contribution in [-0.4, -0.2) is 29.3 Å². The van der Waals surface area contributed by atoms with E-state index in [2.05, 4.69) is 15.9 Å². The Morgan fingerprint density at radius 2 is 1.90 bits per heavy atom. The summed E-state index contributed by atoms with van der Waals surface area (Å²) < 4.78 is 10.2. The van der Waals surface area contributed by atoms with E-state index in [0.717, 1.165) is 5.56 Å². The third-order valence-electron chi connectivity index (χ3n) is 2.17. The highest BCUT2D eigenvalue weighted by Gasteiger charge is 2.20. The summed E-state index contributed by atoms with van der Waals surface area (Å²) in [5.41, 5.74) is 0.136. The normalized spacial score (nSPS) is 11.1. The summed E-state index contributed by atoms with van der Waals surface area (Å²) in [5, 5.41) is 9.78. The number of aryl methyl sites for hydroxylation is 1. The van der Waals surface area contributed by atoms with E-state index in [-0.39, 0.29) is 11.3 Å². The molecule has 0 aliphatic carbocycles. The van der Waals surface area contributed by atoms with E-state index in [1.165, 1.54) is 6.07 Å². The van der Waals surface area contributed by atoms with Crippen molar-refractivity contribution in [3.05, 3.63) is 27.7 Å². The molecule has 0 aromatic heterocycles. The highest BCUT2D eigenvalue weighted by molar-refractivity contribution is 9.10. The predicted octanol–water partition coefficient (Wildman–Crippen LogP) is 2.96. The first-order valence-corrected chi connectivity index (χ1v) is 6.77. The average molecular weight is 345 g/mol. The number of hydrogen-bond acceptors (Lipinski definition) is 5. The minimum absolute atomic E-state index is 0.000402. The number of carbonyl (C=O) groups is 2. The average Bonchev–Trinajstić information content (AvgIpc) is 2.28. The van der Waals surface area contributed by atoms with Crippen molar-refractivity contribution in [3.63, 3.8) is 0 Å². The summed E-state index contributed by atoms with van der Waals surface area (Å²) in [6.07, 6.45) is 0. The lowest BCUT2D eigenvalue weighted by Gasteiger charge is -2.19. The van der Waals surface area contributed by atoms with Gasteiger partial charge in [0.25, 0.3) is 0 Å². The van der Waals surface area contributed by atoms with Crippen molar-refractivity contribution >= 4 is 27.9 Å². The maximum atomic E-state index is 11.8. The van der Waals surface area contributed by atoms with Crippen molar-refractivity contribution in [3.8, 4) is 5.75 Å². The van der Waals surface area contributed by atoms with Crippen LogP contribution in [0.4, 0.5) is 0 Å². The molecule has 0 saturated heterocycles. The van der Waals surface area contributed by atoms with Gasteiger partial charge in [-0.3, -0.25) is 0 Å². The Labute approximate surface area is 126 Å². The summed E-state index contributed by atoms with van der Waals surface area (Å²) in [7, 11) is 0. The molecule has 0 radical (unpaired) electrons. The van der Waals surface area contributed by atoms with Crippen LogP contribution in [-0.2, 0) is 14.3 Å². The van der Waals surface area contributed by atoms with Crippen LogP contribution >= 0.6 is 15.9 Å². The topological polar surface area (TPSA) is 72.8 Å². The molecule has 110 valence electrons. The monoisotopic (exact) mass is 344 g/mol. The zero-order valence-corrected chi connectivity index (χ0v) is 13.4. The van der Waals surface area contributed by atoms with E-state index in [0.29, 0.717) is 4.47 Å². The first-order valence-electron chi connectivity index (χ1n) is 5.98. The van der Waals surface area contributed by atoms with Gasteiger partial charge in [-0.2, -0.15) is 0 Å². The number of benzene rings is 1. The fraction of sp³-hybridized carbons (Fsp3) is 0.429. The van der Waals surface area contributed by atoms with Crippen LogP contribution in [0.5, 0.6) is 5.75 Å². The molecule has 0 spiro atoms. The quantitative estimate of drug-likeness (QED) is 0.853.